The van der Waals surface area contributed by atoms with Gasteiger partial charge >= 0.3 is 17.9 Å². The molecule has 24 nitrogen and oxygen atoms in total. The Morgan fingerprint density at radius 2 is 0.779 bits per heavy atom. The second kappa shape index (κ2) is 34.9. The molecule has 3 aliphatic rings. The molecular formula is C85H96N12O12S4. The van der Waals surface area contributed by atoms with Crippen LogP contribution in [0.25, 0.3) is 0 Å². The summed E-state index contributed by atoms with van der Waals surface area (Å²) in [5.41, 5.74) is 1.73. The number of rotatable bonds is 22. The van der Waals surface area contributed by atoms with Gasteiger partial charge in [-0.05, 0) is 119 Å². The Morgan fingerprint density at radius 3 is 1.05 bits per heavy atom. The lowest BCUT2D eigenvalue weighted by Crippen LogP contribution is -2.55. The second-order valence-electron chi connectivity index (χ2n) is 31.5. The van der Waals surface area contributed by atoms with Crippen molar-refractivity contribution in [3.8, 4) is 17.2 Å². The number of hydrogen-bond donors (Lipinski definition) is 3. The lowest BCUT2D eigenvalue weighted by Gasteiger charge is -2.38. The van der Waals surface area contributed by atoms with Gasteiger partial charge in [0.25, 0.3) is 17.7 Å². The van der Waals surface area contributed by atoms with Gasteiger partial charge in [-0.2, -0.15) is 11.8 Å². The van der Waals surface area contributed by atoms with Crippen LogP contribution >= 0.6 is 45.8 Å². The predicted molar refractivity (Wildman–Crippen MR) is 435 cm³/mol. The molecule has 0 unspecified atom stereocenters. The van der Waals surface area contributed by atoms with E-state index in [9.17, 15) is 44.1 Å². The predicted octanol–water partition coefficient (Wildman–Crippen LogP) is 16.1. The van der Waals surface area contributed by atoms with E-state index < -0.39 is 64.5 Å². The Kier molecular flexibility index (Phi) is 25.8. The molecule has 3 saturated heterocycles. The van der Waals surface area contributed by atoms with Crippen molar-refractivity contribution in [3.63, 3.8) is 0 Å². The number of nitrogens with zero attached hydrogens (tertiary/aromatic N) is 12. The number of aliphatic carboxylic acids is 3. The third-order valence-corrected chi connectivity index (χ3v) is 24.5. The molecule has 6 aromatic heterocycles. The first-order chi connectivity index (χ1) is 53.9. The molecule has 4 aromatic carbocycles. The van der Waals surface area contributed by atoms with Crippen molar-refractivity contribution >= 4 is 81.4 Å². The average molecular weight is 1610 g/mol. The molecule has 3 N–H and O–H groups in total. The van der Waals surface area contributed by atoms with Crippen molar-refractivity contribution in [1.29, 1.82) is 0 Å². The molecule has 3 aliphatic heterocycles. The Hall–Kier alpha value is -10.4. The average Bonchev–Trinajstić information content (AvgIpc) is 1.58. The highest BCUT2D eigenvalue weighted by Crippen LogP contribution is 2.58. The Balaban J connectivity index is 0.000000168. The zero-order chi connectivity index (χ0) is 81.4. The minimum atomic E-state index is -1.56. The van der Waals surface area contributed by atoms with Crippen LogP contribution in [0.2, 0.25) is 0 Å². The first-order valence-electron chi connectivity index (χ1n) is 37.2. The van der Waals surface area contributed by atoms with Crippen LogP contribution in [-0.4, -0.2) is 160 Å². The van der Waals surface area contributed by atoms with E-state index in [0.29, 0.717) is 91.1 Å². The van der Waals surface area contributed by atoms with Crippen molar-refractivity contribution in [2.75, 3.05) is 33.3 Å². The quantitative estimate of drug-likeness (QED) is 0.0567. The van der Waals surface area contributed by atoms with Gasteiger partial charge in [-0.1, -0.05) is 124 Å². The van der Waals surface area contributed by atoms with Gasteiger partial charge in [0.2, 0.25) is 0 Å². The van der Waals surface area contributed by atoms with Crippen molar-refractivity contribution in [2.45, 2.75) is 183 Å². The van der Waals surface area contributed by atoms with Crippen LogP contribution in [-0.2, 0) is 37.0 Å². The monoisotopic (exact) mass is 1600 g/mol. The van der Waals surface area contributed by atoms with Crippen LogP contribution in [0.15, 0.2) is 175 Å². The Morgan fingerprint density at radius 1 is 0.451 bits per heavy atom. The molecule has 10 aromatic rings. The zero-order valence-corrected chi connectivity index (χ0v) is 69.1. The van der Waals surface area contributed by atoms with Gasteiger partial charge < -0.3 is 44.2 Å². The second-order valence-corrected chi connectivity index (χ2v) is 35.2. The molecule has 9 heterocycles. The molecule has 592 valence electrons. The fourth-order valence-electron chi connectivity index (χ4n) is 16.1. The van der Waals surface area contributed by atoms with Crippen LogP contribution in [0.1, 0.15) is 229 Å². The van der Waals surface area contributed by atoms with Crippen LogP contribution in [0, 0.1) is 0 Å². The third-order valence-electron chi connectivity index (χ3n) is 21.4. The van der Waals surface area contributed by atoms with E-state index in [2.05, 4.69) is 107 Å². The van der Waals surface area contributed by atoms with Crippen LogP contribution in [0.4, 0.5) is 0 Å². The van der Waals surface area contributed by atoms with Crippen LogP contribution < -0.4 is 14.2 Å². The van der Waals surface area contributed by atoms with E-state index in [0.717, 1.165) is 22.3 Å². The van der Waals surface area contributed by atoms with Crippen molar-refractivity contribution in [3.05, 3.63) is 246 Å². The largest absolute Gasteiger partial charge is 0.496 e. The fourth-order valence-corrected chi connectivity index (χ4v) is 19.1. The normalized spacial score (nSPS) is 21.5. The molecule has 0 saturated carbocycles. The van der Waals surface area contributed by atoms with E-state index in [-0.39, 0.29) is 65.6 Å². The summed E-state index contributed by atoms with van der Waals surface area (Å²) in [6.45, 7) is 20.6. The summed E-state index contributed by atoms with van der Waals surface area (Å²) in [5.74, 6) is -3.07. The summed E-state index contributed by atoms with van der Waals surface area (Å²) in [5, 5.41) is 39.8. The number of hydrogen-bond acceptors (Lipinski definition) is 22. The number of likely N-dealkylation sites (tertiary alicyclic amines) is 3. The number of carboxylic acids is 3. The highest BCUT2D eigenvalue weighted by molar-refractivity contribution is 7.98. The molecule has 113 heavy (non-hydrogen) atoms. The van der Waals surface area contributed by atoms with Crippen molar-refractivity contribution in [2.24, 2.45) is 0 Å². The topological polar surface area (TPSA) is 317 Å². The molecule has 0 radical (unpaired) electrons. The maximum atomic E-state index is 14.6. The Bertz CT molecular complexity index is 4940. The summed E-state index contributed by atoms with van der Waals surface area (Å²) < 4.78 is 17.0. The van der Waals surface area contributed by atoms with Crippen molar-refractivity contribution < 1.29 is 58.3 Å². The number of ether oxygens (including phenoxy) is 3. The van der Waals surface area contributed by atoms with E-state index in [1.807, 2.05) is 77.9 Å². The molecule has 0 spiro atoms. The van der Waals surface area contributed by atoms with Gasteiger partial charge in [0, 0.05) is 131 Å². The molecule has 3 fully saturated rings. The van der Waals surface area contributed by atoms with Gasteiger partial charge in [0.05, 0.1) is 56.5 Å². The van der Waals surface area contributed by atoms with E-state index in [1.165, 1.54) is 38.9 Å². The number of thiazole rings is 3. The minimum Gasteiger partial charge on any atom is -0.496 e. The molecular weight excluding hydrogens is 1510 g/mol. The summed E-state index contributed by atoms with van der Waals surface area (Å²) in [4.78, 5) is 127. The number of benzene rings is 4. The minimum absolute atomic E-state index is 0.130. The van der Waals surface area contributed by atoms with Crippen LogP contribution in [0.3, 0.4) is 0 Å². The summed E-state index contributed by atoms with van der Waals surface area (Å²) in [7, 11) is 4.74. The molecule has 13 rings (SSSR count). The number of carbonyl (C=O) groups excluding carboxylic acids is 3. The lowest BCUT2D eigenvalue weighted by atomic mass is 9.84. The molecule has 0 aliphatic carbocycles. The zero-order valence-electron chi connectivity index (χ0n) is 65.9. The number of aromatic nitrogens is 9. The van der Waals surface area contributed by atoms with Crippen LogP contribution in [0.5, 0.6) is 17.2 Å². The maximum Gasteiger partial charge on any atom is 0.330 e. The first-order valence-corrected chi connectivity index (χ1v) is 41.2. The van der Waals surface area contributed by atoms with E-state index in [4.69, 9.17) is 14.2 Å². The number of amides is 3. The van der Waals surface area contributed by atoms with Gasteiger partial charge in [-0.25, -0.2) is 29.3 Å². The highest BCUT2D eigenvalue weighted by atomic mass is 32.2. The van der Waals surface area contributed by atoms with E-state index >= 15 is 0 Å². The number of carboxylic acid groups (broad SMARTS) is 3. The summed E-state index contributed by atoms with van der Waals surface area (Å²) in [6, 6.07) is 23.7. The smallest absolute Gasteiger partial charge is 0.330 e. The SMILES string of the molecule is CCC[C@@]1(C(=O)O)C[C@H](c2cnccn2)[C@H](c2nccs2)N1C(=O)c1ccc(C(C)(C)C)c(OC)c1.COc1cc(C(=O)N2[C@@H](c3nccs3)[C@@H](c3cnccn3)C[C@@]2(CCSC)C(=O)O)ccc1C(C)(C)C.COc1cc(C(=O)N2[C@@H](c3nccs3)[C@@H](c3cnccn3)C[C@@]2(Cc2ccccc2)C(=O)O)ccc1C(C)(C)C. The van der Waals surface area contributed by atoms with Gasteiger partial charge in [0.1, 0.15) is 48.9 Å². The molecule has 28 heteroatoms. The fraction of sp³-hybridized carbons (Fsp3) is 0.400. The molecule has 3 amide bonds. The number of thioether (sulfide) groups is 1. The number of carbonyl (C=O) groups is 6. The van der Waals surface area contributed by atoms with E-state index in [1.54, 1.807) is 154 Å². The Labute approximate surface area is 675 Å². The van der Waals surface area contributed by atoms with Gasteiger partial charge in [-0.15, -0.1) is 34.0 Å². The standard InChI is InChI=1S/C31H32N4O4S.C27H32N4O4S2.C27H32N4O4S/c1-30(2,3)23-11-10-21(16-25(23)39-4)28(36)35-26(27-34-14-15-40-27)22(24-19-32-12-13-33-24)18-31(35,29(37)38)17-20-8-6-5-7-9-20;1-26(2,3)19-7-6-17(14-21(19)35-4)24(32)31-22(23-30-11-13-37-23)18(20-16-28-9-10-29-20)15-27(31,25(33)34)8-12-36-5;1-6-9-27(25(33)34)15-18(20-16-28-10-11-29-20)22(23-30-12-13-36-23)31(27)24(32)17-7-8-19(26(2,3)4)21(14-17)35-5/h5-16,19,22,26H,17-18H2,1-4H3,(H,37,38);6-7,9-11,13-14,16,18,22H,8,12,15H2,1-5H3,(H,33,34);7-8,10-14,16,18,22H,6,9,15H2,1-5H3,(H,33,34)/t22-,26-,31+;2*18-,22-,27+/m111/s1. The van der Waals surface area contributed by atoms with Gasteiger partial charge in [-0.3, -0.25) is 44.3 Å². The molecule has 0 bridgehead atoms. The summed E-state index contributed by atoms with van der Waals surface area (Å²) >= 11 is 5.77. The van der Waals surface area contributed by atoms with Crippen molar-refractivity contribution in [1.82, 2.24) is 59.6 Å². The first kappa shape index (κ1) is 83.5. The van der Waals surface area contributed by atoms with Gasteiger partial charge in [0.15, 0.2) is 0 Å². The third kappa shape index (κ3) is 17.1. The summed E-state index contributed by atoms with van der Waals surface area (Å²) in [6.07, 6.45) is 23.4. The number of methoxy groups -OCH3 is 3. The maximum absolute atomic E-state index is 14.6. The lowest BCUT2D eigenvalue weighted by molar-refractivity contribution is -0.150. The molecule has 9 atom stereocenters. The highest BCUT2D eigenvalue weighted by Gasteiger charge is 2.63.